The summed E-state index contributed by atoms with van der Waals surface area (Å²) in [5, 5.41) is 3.03. The molecule has 0 unspecified atom stereocenters. The van der Waals surface area contributed by atoms with Gasteiger partial charge in [0.2, 0.25) is 11.8 Å². The molecule has 2 aromatic carbocycles. The van der Waals surface area contributed by atoms with Gasteiger partial charge in [0, 0.05) is 23.2 Å². The lowest BCUT2D eigenvalue weighted by molar-refractivity contribution is -0.140. The Hall–Kier alpha value is -2.40. The van der Waals surface area contributed by atoms with Gasteiger partial charge in [0.25, 0.3) is 0 Å². The Kier molecular flexibility index (Phi) is 7.58. The van der Waals surface area contributed by atoms with E-state index in [0.29, 0.717) is 0 Å². The number of nitrogens with one attached hydrogen (secondary N) is 1. The normalized spacial score (nSPS) is 12.0. The molecular weight excluding hydrogens is 379 g/mol. The van der Waals surface area contributed by atoms with Gasteiger partial charge in [-0.15, -0.1) is 0 Å². The Morgan fingerprint density at radius 3 is 2.39 bits per heavy atom. The molecule has 0 aliphatic rings. The fraction of sp³-hybridized carbons (Fsp3) is 0.364. The Balaban J connectivity index is 2.32. The summed E-state index contributed by atoms with van der Waals surface area (Å²) in [6.45, 7) is 7.60. The summed E-state index contributed by atoms with van der Waals surface area (Å²) in [5.74, 6) is -1.14. The molecular formula is C22H26ClFN2O2. The molecule has 0 radical (unpaired) electrons. The van der Waals surface area contributed by atoms with Gasteiger partial charge in [-0.25, -0.2) is 4.39 Å². The third-order valence-corrected chi connectivity index (χ3v) is 4.94. The zero-order chi connectivity index (χ0) is 20.8. The van der Waals surface area contributed by atoms with Crippen molar-refractivity contribution in [2.24, 2.45) is 0 Å². The number of amides is 2. The van der Waals surface area contributed by atoms with Gasteiger partial charge >= 0.3 is 0 Å². The second-order valence-electron chi connectivity index (χ2n) is 7.16. The van der Waals surface area contributed by atoms with Crippen LogP contribution in [-0.4, -0.2) is 28.8 Å². The maximum Gasteiger partial charge on any atom is 0.242 e. The zero-order valence-corrected chi connectivity index (χ0v) is 17.4. The van der Waals surface area contributed by atoms with E-state index in [1.54, 1.807) is 13.0 Å². The quantitative estimate of drug-likeness (QED) is 0.749. The van der Waals surface area contributed by atoms with Crippen LogP contribution in [0, 0.1) is 12.7 Å². The van der Waals surface area contributed by atoms with E-state index in [4.69, 9.17) is 11.6 Å². The standard InChI is InChI=1S/C22H26ClFN2O2/c1-14(2)25-22(28)16(4)26(13-17-9-6-5-8-15(17)3)21(27)12-18-19(23)10-7-11-20(18)24/h5-11,14,16H,12-13H2,1-4H3,(H,25,28)/t16-/m1/s1. The minimum absolute atomic E-state index is 0.0497. The van der Waals surface area contributed by atoms with Crippen LogP contribution >= 0.6 is 11.6 Å². The summed E-state index contributed by atoms with van der Waals surface area (Å²) >= 11 is 6.08. The zero-order valence-electron chi connectivity index (χ0n) is 16.6. The molecule has 0 aliphatic heterocycles. The van der Waals surface area contributed by atoms with Crippen LogP contribution in [0.2, 0.25) is 5.02 Å². The van der Waals surface area contributed by atoms with Gasteiger partial charge in [0.1, 0.15) is 11.9 Å². The second kappa shape index (κ2) is 9.69. The van der Waals surface area contributed by atoms with Gasteiger partial charge in [-0.05, 0) is 51.0 Å². The summed E-state index contributed by atoms with van der Waals surface area (Å²) in [7, 11) is 0. The summed E-state index contributed by atoms with van der Waals surface area (Å²) in [6, 6.07) is 11.2. The van der Waals surface area contributed by atoms with Crippen LogP contribution in [0.1, 0.15) is 37.5 Å². The van der Waals surface area contributed by atoms with E-state index in [1.165, 1.54) is 17.0 Å². The van der Waals surface area contributed by atoms with Gasteiger partial charge in [-0.3, -0.25) is 9.59 Å². The lowest BCUT2D eigenvalue weighted by Crippen LogP contribution is -2.49. The predicted molar refractivity (Wildman–Crippen MR) is 110 cm³/mol. The summed E-state index contributed by atoms with van der Waals surface area (Å²) < 4.78 is 14.2. The van der Waals surface area contributed by atoms with Crippen LogP contribution < -0.4 is 5.32 Å². The van der Waals surface area contributed by atoms with Crippen molar-refractivity contribution in [3.8, 4) is 0 Å². The molecule has 0 aromatic heterocycles. The van der Waals surface area contributed by atoms with Gasteiger partial charge in [-0.1, -0.05) is 41.9 Å². The van der Waals surface area contributed by atoms with Crippen molar-refractivity contribution in [1.29, 1.82) is 0 Å². The number of nitrogens with zero attached hydrogens (tertiary/aromatic N) is 1. The van der Waals surface area contributed by atoms with Crippen molar-refractivity contribution in [1.82, 2.24) is 10.2 Å². The van der Waals surface area contributed by atoms with Crippen LogP contribution in [0.25, 0.3) is 0 Å². The van der Waals surface area contributed by atoms with E-state index in [9.17, 15) is 14.0 Å². The number of hydrogen-bond acceptors (Lipinski definition) is 2. The number of carbonyl (C=O) groups is 2. The van der Waals surface area contributed by atoms with Crippen molar-refractivity contribution >= 4 is 23.4 Å². The number of rotatable bonds is 7. The molecule has 4 nitrogen and oxygen atoms in total. The summed E-state index contributed by atoms with van der Waals surface area (Å²) in [6.07, 6.45) is -0.212. The average Bonchev–Trinajstić information content (AvgIpc) is 2.63. The lowest BCUT2D eigenvalue weighted by Gasteiger charge is -2.30. The molecule has 150 valence electrons. The van der Waals surface area contributed by atoms with Gasteiger partial charge in [-0.2, -0.15) is 0 Å². The molecule has 0 saturated heterocycles. The van der Waals surface area contributed by atoms with E-state index >= 15 is 0 Å². The van der Waals surface area contributed by atoms with Crippen molar-refractivity contribution in [3.63, 3.8) is 0 Å². The first-order chi connectivity index (χ1) is 13.2. The summed E-state index contributed by atoms with van der Waals surface area (Å²) in [4.78, 5) is 27.1. The first kappa shape index (κ1) is 21.9. The molecule has 28 heavy (non-hydrogen) atoms. The van der Waals surface area contributed by atoms with E-state index in [1.807, 2.05) is 45.0 Å². The van der Waals surface area contributed by atoms with Crippen molar-refractivity contribution < 1.29 is 14.0 Å². The second-order valence-corrected chi connectivity index (χ2v) is 7.57. The number of benzene rings is 2. The molecule has 0 bridgehead atoms. The minimum atomic E-state index is -0.708. The van der Waals surface area contributed by atoms with E-state index in [-0.39, 0.29) is 41.4 Å². The van der Waals surface area contributed by atoms with Crippen LogP contribution in [0.5, 0.6) is 0 Å². The molecule has 1 atom stereocenters. The van der Waals surface area contributed by atoms with Crippen LogP contribution in [-0.2, 0) is 22.6 Å². The maximum absolute atomic E-state index is 14.2. The summed E-state index contributed by atoms with van der Waals surface area (Å²) in [5.41, 5.74) is 2.08. The molecule has 2 aromatic rings. The van der Waals surface area contributed by atoms with Gasteiger partial charge in [0.05, 0.1) is 6.42 Å². The highest BCUT2D eigenvalue weighted by molar-refractivity contribution is 6.31. The largest absolute Gasteiger partial charge is 0.352 e. The maximum atomic E-state index is 14.2. The Morgan fingerprint density at radius 2 is 1.79 bits per heavy atom. The smallest absolute Gasteiger partial charge is 0.242 e. The molecule has 2 rings (SSSR count). The van der Waals surface area contributed by atoms with Gasteiger partial charge < -0.3 is 10.2 Å². The van der Waals surface area contributed by atoms with E-state index in [2.05, 4.69) is 5.32 Å². The Bertz CT molecular complexity index is 834. The third kappa shape index (κ3) is 5.55. The number of halogens is 2. The first-order valence-corrected chi connectivity index (χ1v) is 9.65. The first-order valence-electron chi connectivity index (χ1n) is 9.28. The topological polar surface area (TPSA) is 49.4 Å². The average molecular weight is 405 g/mol. The third-order valence-electron chi connectivity index (χ3n) is 4.59. The highest BCUT2D eigenvalue weighted by atomic mass is 35.5. The van der Waals surface area contributed by atoms with E-state index in [0.717, 1.165) is 11.1 Å². The number of hydrogen-bond donors (Lipinski definition) is 1. The SMILES string of the molecule is Cc1ccccc1CN(C(=O)Cc1c(F)cccc1Cl)[C@H](C)C(=O)NC(C)C. The lowest BCUT2D eigenvalue weighted by atomic mass is 10.1. The highest BCUT2D eigenvalue weighted by Gasteiger charge is 2.28. The van der Waals surface area contributed by atoms with Crippen LogP contribution in [0.4, 0.5) is 4.39 Å². The van der Waals surface area contributed by atoms with Crippen LogP contribution in [0.3, 0.4) is 0 Å². The Morgan fingerprint density at radius 1 is 1.11 bits per heavy atom. The minimum Gasteiger partial charge on any atom is -0.352 e. The molecule has 0 spiro atoms. The number of aryl methyl sites for hydroxylation is 1. The molecule has 0 heterocycles. The molecule has 2 amide bonds. The molecule has 0 saturated carbocycles. The fourth-order valence-electron chi connectivity index (χ4n) is 2.91. The molecule has 6 heteroatoms. The number of carbonyl (C=O) groups excluding carboxylic acids is 2. The molecule has 1 N–H and O–H groups in total. The fourth-order valence-corrected chi connectivity index (χ4v) is 3.14. The van der Waals surface area contributed by atoms with E-state index < -0.39 is 11.9 Å². The van der Waals surface area contributed by atoms with Crippen molar-refractivity contribution in [2.75, 3.05) is 0 Å². The van der Waals surface area contributed by atoms with Crippen molar-refractivity contribution in [2.45, 2.75) is 52.7 Å². The Labute approximate surface area is 170 Å². The van der Waals surface area contributed by atoms with Crippen LogP contribution in [0.15, 0.2) is 42.5 Å². The predicted octanol–water partition coefficient (Wildman–Crippen LogP) is 4.27. The molecule has 0 aliphatic carbocycles. The monoisotopic (exact) mass is 404 g/mol. The highest BCUT2D eigenvalue weighted by Crippen LogP contribution is 2.22. The van der Waals surface area contributed by atoms with Gasteiger partial charge in [0.15, 0.2) is 0 Å². The van der Waals surface area contributed by atoms with Crippen molar-refractivity contribution in [3.05, 3.63) is 70.0 Å². The molecule has 0 fully saturated rings.